The fourth-order valence-corrected chi connectivity index (χ4v) is 4.65. The van der Waals surface area contributed by atoms with E-state index in [0.717, 1.165) is 16.8 Å². The predicted molar refractivity (Wildman–Crippen MR) is 118 cm³/mol. The Hall–Kier alpha value is -3.56. The number of rotatable bonds is 5. The SMILES string of the molecule is O=S(=O)(Nc1ccc(-c2csnn2)cc1)c1ccc2nc(-c3ccccc3)[nH]c2c1. The molecule has 5 aromatic rings. The lowest BCUT2D eigenvalue weighted by Crippen LogP contribution is -2.12. The van der Waals surface area contributed by atoms with Gasteiger partial charge in [-0.3, -0.25) is 4.72 Å². The van der Waals surface area contributed by atoms with E-state index in [1.165, 1.54) is 11.5 Å². The second-order valence-corrected chi connectivity index (χ2v) is 8.90. The lowest BCUT2D eigenvalue weighted by Gasteiger charge is -2.08. The van der Waals surface area contributed by atoms with Crippen molar-refractivity contribution in [3.05, 3.63) is 78.2 Å². The van der Waals surface area contributed by atoms with Gasteiger partial charge in [0.1, 0.15) is 11.5 Å². The number of nitrogens with zero attached hydrogens (tertiary/aromatic N) is 3. The van der Waals surface area contributed by atoms with Gasteiger partial charge in [0.05, 0.1) is 15.9 Å². The molecule has 0 aliphatic carbocycles. The quantitative estimate of drug-likeness (QED) is 0.423. The van der Waals surface area contributed by atoms with E-state index in [0.29, 0.717) is 22.5 Å². The highest BCUT2D eigenvalue weighted by atomic mass is 32.2. The van der Waals surface area contributed by atoms with E-state index >= 15 is 0 Å². The van der Waals surface area contributed by atoms with E-state index in [1.54, 1.807) is 42.5 Å². The van der Waals surface area contributed by atoms with Crippen LogP contribution in [0.4, 0.5) is 5.69 Å². The van der Waals surface area contributed by atoms with E-state index in [-0.39, 0.29) is 4.90 Å². The maximum absolute atomic E-state index is 12.9. The van der Waals surface area contributed by atoms with Gasteiger partial charge in [0.2, 0.25) is 0 Å². The largest absolute Gasteiger partial charge is 0.338 e. The van der Waals surface area contributed by atoms with E-state index in [1.807, 2.05) is 35.7 Å². The summed E-state index contributed by atoms with van der Waals surface area (Å²) in [4.78, 5) is 7.90. The fourth-order valence-electron chi connectivity index (χ4n) is 3.10. The first-order valence-electron chi connectivity index (χ1n) is 9.04. The molecule has 9 heteroatoms. The van der Waals surface area contributed by atoms with Gasteiger partial charge in [-0.2, -0.15) is 0 Å². The van der Waals surface area contributed by atoms with E-state index in [9.17, 15) is 8.42 Å². The zero-order chi connectivity index (χ0) is 20.6. The number of H-pyrrole nitrogens is 1. The average molecular weight is 434 g/mol. The van der Waals surface area contributed by atoms with Crippen LogP contribution in [0, 0.1) is 0 Å². The second kappa shape index (κ2) is 7.36. The normalized spacial score (nSPS) is 11.6. The van der Waals surface area contributed by atoms with Crippen LogP contribution in [-0.2, 0) is 10.0 Å². The standard InChI is InChI=1S/C21H15N5O2S2/c27-30(28,25-16-8-6-14(7-9-16)20-13-29-26-24-20)17-10-11-18-19(12-17)23-21(22-18)15-4-2-1-3-5-15/h1-13,25H,(H,22,23). The van der Waals surface area contributed by atoms with E-state index in [2.05, 4.69) is 24.3 Å². The Morgan fingerprint density at radius 3 is 2.43 bits per heavy atom. The van der Waals surface area contributed by atoms with Gasteiger partial charge in [-0.25, -0.2) is 13.4 Å². The van der Waals surface area contributed by atoms with Crippen LogP contribution in [0.2, 0.25) is 0 Å². The number of fused-ring (bicyclic) bond motifs is 1. The topological polar surface area (TPSA) is 101 Å². The third-order valence-electron chi connectivity index (χ3n) is 4.60. The van der Waals surface area contributed by atoms with Crippen LogP contribution in [0.25, 0.3) is 33.7 Å². The first kappa shape index (κ1) is 18.5. The van der Waals surface area contributed by atoms with Crippen LogP contribution >= 0.6 is 11.5 Å². The maximum Gasteiger partial charge on any atom is 0.261 e. The van der Waals surface area contributed by atoms with Gasteiger partial charge in [-0.05, 0) is 41.9 Å². The first-order valence-corrected chi connectivity index (χ1v) is 11.4. The Labute approximate surface area is 176 Å². The zero-order valence-electron chi connectivity index (χ0n) is 15.5. The van der Waals surface area contributed by atoms with Gasteiger partial charge < -0.3 is 4.98 Å². The van der Waals surface area contributed by atoms with Gasteiger partial charge in [0.25, 0.3) is 10.0 Å². The number of aromatic amines is 1. The smallest absolute Gasteiger partial charge is 0.261 e. The summed E-state index contributed by atoms with van der Waals surface area (Å²) in [6.07, 6.45) is 0. The minimum atomic E-state index is -3.75. The summed E-state index contributed by atoms with van der Waals surface area (Å²) in [6, 6.07) is 21.5. The number of benzene rings is 3. The Balaban J connectivity index is 1.42. The Morgan fingerprint density at radius 2 is 1.70 bits per heavy atom. The number of hydrogen-bond donors (Lipinski definition) is 2. The number of imidazole rings is 1. The number of sulfonamides is 1. The summed E-state index contributed by atoms with van der Waals surface area (Å²) in [5.41, 5.74) is 4.40. The van der Waals surface area contributed by atoms with Crippen molar-refractivity contribution in [1.82, 2.24) is 19.6 Å². The molecule has 0 spiro atoms. The van der Waals surface area contributed by atoms with Crippen LogP contribution in [0.1, 0.15) is 0 Å². The van der Waals surface area contributed by atoms with Crippen LogP contribution in [0.5, 0.6) is 0 Å². The Bertz CT molecular complexity index is 1410. The van der Waals surface area contributed by atoms with Gasteiger partial charge in [-0.1, -0.05) is 47.0 Å². The second-order valence-electron chi connectivity index (χ2n) is 6.60. The van der Waals surface area contributed by atoms with Crippen molar-refractivity contribution >= 4 is 38.3 Å². The highest BCUT2D eigenvalue weighted by Gasteiger charge is 2.16. The summed E-state index contributed by atoms with van der Waals surface area (Å²) in [7, 11) is -3.75. The van der Waals surface area contributed by atoms with Crippen molar-refractivity contribution in [2.24, 2.45) is 0 Å². The number of nitrogens with one attached hydrogen (secondary N) is 2. The molecule has 148 valence electrons. The van der Waals surface area contributed by atoms with Crippen LogP contribution < -0.4 is 4.72 Å². The third-order valence-corrected chi connectivity index (χ3v) is 6.49. The maximum atomic E-state index is 12.9. The third kappa shape index (κ3) is 3.56. The molecule has 2 aromatic heterocycles. The molecule has 30 heavy (non-hydrogen) atoms. The van der Waals surface area contributed by atoms with Crippen molar-refractivity contribution < 1.29 is 8.42 Å². The van der Waals surface area contributed by atoms with Gasteiger partial charge in [-0.15, -0.1) is 5.10 Å². The highest BCUT2D eigenvalue weighted by Crippen LogP contribution is 2.25. The molecule has 2 heterocycles. The Morgan fingerprint density at radius 1 is 0.900 bits per heavy atom. The zero-order valence-corrected chi connectivity index (χ0v) is 17.1. The number of anilines is 1. The molecule has 0 amide bonds. The molecule has 0 fully saturated rings. The number of hydrogen-bond acceptors (Lipinski definition) is 6. The monoisotopic (exact) mass is 433 g/mol. The van der Waals surface area contributed by atoms with Crippen molar-refractivity contribution in [3.63, 3.8) is 0 Å². The summed E-state index contributed by atoms with van der Waals surface area (Å²) >= 11 is 1.27. The van der Waals surface area contributed by atoms with Crippen molar-refractivity contribution in [3.8, 4) is 22.6 Å². The molecule has 0 aliphatic rings. The van der Waals surface area contributed by atoms with Crippen molar-refractivity contribution in [1.29, 1.82) is 0 Å². The van der Waals surface area contributed by atoms with Crippen molar-refractivity contribution in [2.45, 2.75) is 4.90 Å². The van der Waals surface area contributed by atoms with Crippen LogP contribution in [0.15, 0.2) is 83.1 Å². The lowest BCUT2D eigenvalue weighted by molar-refractivity contribution is 0.601. The highest BCUT2D eigenvalue weighted by molar-refractivity contribution is 7.92. The van der Waals surface area contributed by atoms with Gasteiger partial charge >= 0.3 is 0 Å². The first-order chi connectivity index (χ1) is 14.6. The molecule has 2 N–H and O–H groups in total. The molecular formula is C21H15N5O2S2. The molecular weight excluding hydrogens is 418 g/mol. The molecule has 3 aromatic carbocycles. The fraction of sp³-hybridized carbons (Fsp3) is 0. The summed E-state index contributed by atoms with van der Waals surface area (Å²) in [5, 5.41) is 5.85. The molecule has 5 rings (SSSR count). The molecule has 0 aliphatic heterocycles. The molecule has 0 saturated carbocycles. The van der Waals surface area contributed by atoms with Crippen LogP contribution in [-0.4, -0.2) is 28.0 Å². The lowest BCUT2D eigenvalue weighted by atomic mass is 10.2. The number of aromatic nitrogens is 4. The summed E-state index contributed by atoms with van der Waals surface area (Å²) in [6.45, 7) is 0. The van der Waals surface area contributed by atoms with Crippen molar-refractivity contribution in [2.75, 3.05) is 4.72 Å². The summed E-state index contributed by atoms with van der Waals surface area (Å²) < 4.78 is 32.2. The molecule has 0 unspecified atom stereocenters. The van der Waals surface area contributed by atoms with Gasteiger partial charge in [0, 0.05) is 22.2 Å². The van der Waals surface area contributed by atoms with E-state index in [4.69, 9.17) is 0 Å². The molecule has 0 bridgehead atoms. The molecule has 7 nitrogen and oxygen atoms in total. The van der Waals surface area contributed by atoms with E-state index < -0.39 is 10.0 Å². The minimum Gasteiger partial charge on any atom is -0.338 e. The molecule has 0 radical (unpaired) electrons. The molecule has 0 atom stereocenters. The predicted octanol–water partition coefficient (Wildman–Crippen LogP) is 4.55. The van der Waals surface area contributed by atoms with Crippen LogP contribution in [0.3, 0.4) is 0 Å². The van der Waals surface area contributed by atoms with Gasteiger partial charge in [0.15, 0.2) is 0 Å². The average Bonchev–Trinajstić information content (AvgIpc) is 3.44. The molecule has 0 saturated heterocycles. The minimum absolute atomic E-state index is 0.158. The summed E-state index contributed by atoms with van der Waals surface area (Å²) in [5.74, 6) is 0.695. The Kier molecular flexibility index (Phi) is 4.53.